The molecule has 13 heteroatoms. The van der Waals surface area contributed by atoms with Gasteiger partial charge in [-0.25, -0.2) is 9.13 Å². The Labute approximate surface area is 196 Å². The minimum Gasteiger partial charge on any atom is -0.381 e. The lowest BCUT2D eigenvalue weighted by Crippen LogP contribution is -2.62. The van der Waals surface area contributed by atoms with E-state index in [2.05, 4.69) is 4.52 Å². The Morgan fingerprint density at radius 1 is 1.15 bits per heavy atom. The number of carbonyl (C=O) groups excluding carboxylic acids is 2. The van der Waals surface area contributed by atoms with Gasteiger partial charge in [-0.15, -0.1) is 0 Å². The van der Waals surface area contributed by atoms with E-state index in [1.165, 1.54) is 6.08 Å². The van der Waals surface area contributed by atoms with Crippen LogP contribution in [0.25, 0.3) is 0 Å². The second kappa shape index (κ2) is 8.26. The molecule has 0 radical (unpaired) electrons. The molecule has 0 bridgehead atoms. The quantitative estimate of drug-likeness (QED) is 0.321. The van der Waals surface area contributed by atoms with Gasteiger partial charge in [0.25, 0.3) is 0 Å². The van der Waals surface area contributed by atoms with Gasteiger partial charge in [0.15, 0.2) is 11.6 Å². The standard InChI is InChI=1S/C21H30O11P2/c1-19-7-5-13(22)9-12(19)3-4-14-15-6-8-21(24,17(23)11-31-33(25,26)27)20(15,2)10-16(18(14)19)32-34(28,29)30/h5,7,9,14-16,18,24H,3-4,6,8,10-11H2,1-2H3,(H2,25,26,27)(H2,28,29,30)/t14-,15-,16-,18+,19-,20-,21-/m0/s1. The molecule has 0 heterocycles. The summed E-state index contributed by atoms with van der Waals surface area (Å²) in [4.78, 5) is 62.3. The molecular weight excluding hydrogens is 490 g/mol. The summed E-state index contributed by atoms with van der Waals surface area (Å²) in [5.74, 6) is -1.85. The van der Waals surface area contributed by atoms with E-state index < -0.39 is 56.5 Å². The highest BCUT2D eigenvalue weighted by atomic mass is 31.2. The molecule has 0 aromatic carbocycles. The SMILES string of the molecule is C[C@]12C=CC(=O)C=C1CC[C@@H]1[C@@H]2[C@@H](OP(=O)(O)O)C[C@@]2(C)[C@H]1CC[C@]2(O)C(=O)COP(=O)(O)O. The van der Waals surface area contributed by atoms with Crippen LogP contribution in [0.4, 0.5) is 0 Å². The van der Waals surface area contributed by atoms with Crippen molar-refractivity contribution in [1.29, 1.82) is 0 Å². The first kappa shape index (κ1) is 26.1. The molecule has 4 rings (SSSR count). The predicted molar refractivity (Wildman–Crippen MR) is 117 cm³/mol. The summed E-state index contributed by atoms with van der Waals surface area (Å²) in [5, 5.41) is 11.5. The van der Waals surface area contributed by atoms with E-state index in [1.807, 2.05) is 6.92 Å². The van der Waals surface area contributed by atoms with E-state index in [4.69, 9.17) is 14.3 Å². The Morgan fingerprint density at radius 3 is 2.44 bits per heavy atom. The van der Waals surface area contributed by atoms with Crippen LogP contribution in [0.2, 0.25) is 0 Å². The summed E-state index contributed by atoms with van der Waals surface area (Å²) in [5.41, 5.74) is -3.01. The normalized spacial score (nSPS) is 42.0. The molecule has 11 nitrogen and oxygen atoms in total. The van der Waals surface area contributed by atoms with Crippen molar-refractivity contribution in [2.75, 3.05) is 6.61 Å². The Bertz CT molecular complexity index is 1060. The molecule has 7 atom stereocenters. The topological polar surface area (TPSA) is 188 Å². The van der Waals surface area contributed by atoms with Gasteiger partial charge < -0.3 is 24.7 Å². The van der Waals surface area contributed by atoms with Crippen LogP contribution >= 0.6 is 15.6 Å². The molecule has 0 aliphatic heterocycles. The highest BCUT2D eigenvalue weighted by Crippen LogP contribution is 2.68. The van der Waals surface area contributed by atoms with Crippen LogP contribution in [0.5, 0.6) is 0 Å². The number of Topliss-reactive ketones (excluding diaryl/α,β-unsaturated/α-hetero) is 1. The van der Waals surface area contributed by atoms with E-state index in [0.29, 0.717) is 19.3 Å². The molecule has 5 N–H and O–H groups in total. The number of aliphatic hydroxyl groups is 1. The number of fused-ring (bicyclic) bond motifs is 5. The lowest BCUT2D eigenvalue weighted by Gasteiger charge is -2.60. The fraction of sp³-hybridized carbons (Fsp3) is 0.714. The first-order chi connectivity index (χ1) is 15.5. The maximum atomic E-state index is 13.0. The zero-order valence-electron chi connectivity index (χ0n) is 18.9. The number of allylic oxidation sites excluding steroid dienone is 4. The fourth-order valence-corrected chi connectivity index (χ4v) is 8.13. The van der Waals surface area contributed by atoms with E-state index in [1.54, 1.807) is 19.1 Å². The smallest absolute Gasteiger partial charge is 0.381 e. The average molecular weight is 520 g/mol. The molecule has 0 aromatic heterocycles. The second-order valence-corrected chi connectivity index (χ2v) is 12.8. The Morgan fingerprint density at radius 2 is 1.82 bits per heavy atom. The zero-order valence-corrected chi connectivity index (χ0v) is 20.7. The Hall–Kier alpha value is -1.00. The summed E-state index contributed by atoms with van der Waals surface area (Å²) in [6.07, 6.45) is 5.29. The van der Waals surface area contributed by atoms with Crippen molar-refractivity contribution in [2.45, 2.75) is 57.7 Å². The van der Waals surface area contributed by atoms with Crippen LogP contribution in [0.3, 0.4) is 0 Å². The first-order valence-corrected chi connectivity index (χ1v) is 14.2. The van der Waals surface area contributed by atoms with Gasteiger partial charge in [-0.2, -0.15) is 0 Å². The van der Waals surface area contributed by atoms with E-state index >= 15 is 0 Å². The van der Waals surface area contributed by atoms with Gasteiger partial charge >= 0.3 is 15.6 Å². The lowest BCUT2D eigenvalue weighted by atomic mass is 9.46. The van der Waals surface area contributed by atoms with Crippen LogP contribution in [-0.2, 0) is 27.8 Å². The number of hydrogen-bond acceptors (Lipinski definition) is 7. The van der Waals surface area contributed by atoms with Crippen LogP contribution in [0.15, 0.2) is 23.8 Å². The molecular formula is C21H30O11P2. The van der Waals surface area contributed by atoms with Crippen LogP contribution in [0, 0.1) is 28.6 Å². The van der Waals surface area contributed by atoms with Crippen molar-refractivity contribution in [1.82, 2.24) is 0 Å². The van der Waals surface area contributed by atoms with Gasteiger partial charge in [0.05, 0.1) is 6.10 Å². The minimum absolute atomic E-state index is 0.0249. The Balaban J connectivity index is 1.74. The van der Waals surface area contributed by atoms with Crippen LogP contribution < -0.4 is 0 Å². The number of ketones is 2. The third-order valence-corrected chi connectivity index (χ3v) is 9.73. The molecule has 3 fully saturated rings. The van der Waals surface area contributed by atoms with Crippen LogP contribution in [0.1, 0.15) is 46.0 Å². The molecule has 4 aliphatic carbocycles. The van der Waals surface area contributed by atoms with Gasteiger partial charge in [-0.05, 0) is 56.1 Å². The third-order valence-electron chi connectivity index (χ3n) is 8.72. The number of carbonyl (C=O) groups is 2. The molecule has 0 saturated heterocycles. The van der Waals surface area contributed by atoms with Crippen molar-refractivity contribution < 1.29 is 52.4 Å². The fourth-order valence-electron chi connectivity index (χ4n) is 7.29. The van der Waals surface area contributed by atoms with Crippen molar-refractivity contribution >= 4 is 27.2 Å². The van der Waals surface area contributed by atoms with Gasteiger partial charge in [0.2, 0.25) is 0 Å². The highest BCUT2D eigenvalue weighted by molar-refractivity contribution is 7.46. The van der Waals surface area contributed by atoms with Gasteiger partial charge in [-0.3, -0.25) is 18.6 Å². The second-order valence-electron chi connectivity index (χ2n) is 10.4. The summed E-state index contributed by atoms with van der Waals surface area (Å²) >= 11 is 0. The van der Waals surface area contributed by atoms with E-state index in [9.17, 15) is 33.6 Å². The Kier molecular flexibility index (Phi) is 6.34. The summed E-state index contributed by atoms with van der Waals surface area (Å²) in [6, 6.07) is 0. The van der Waals surface area contributed by atoms with Gasteiger partial charge in [-0.1, -0.05) is 25.5 Å². The summed E-state index contributed by atoms with van der Waals surface area (Å²) < 4.78 is 32.7. The molecule has 0 unspecified atom stereocenters. The maximum absolute atomic E-state index is 13.0. The molecule has 190 valence electrons. The molecule has 4 aliphatic rings. The lowest BCUT2D eigenvalue weighted by molar-refractivity contribution is -0.176. The molecule has 0 amide bonds. The van der Waals surface area contributed by atoms with Gasteiger partial charge in [0.1, 0.15) is 12.2 Å². The minimum atomic E-state index is -4.96. The number of phosphoric ester groups is 2. The van der Waals surface area contributed by atoms with E-state index in [0.717, 1.165) is 5.57 Å². The zero-order chi connectivity index (χ0) is 25.3. The highest BCUT2D eigenvalue weighted by Gasteiger charge is 2.69. The van der Waals surface area contributed by atoms with Crippen molar-refractivity contribution in [2.24, 2.45) is 28.6 Å². The summed E-state index contributed by atoms with van der Waals surface area (Å²) in [6.45, 7) is 2.59. The number of hydrogen-bond donors (Lipinski definition) is 5. The third kappa shape index (κ3) is 4.25. The van der Waals surface area contributed by atoms with E-state index in [-0.39, 0.29) is 30.5 Å². The van der Waals surface area contributed by atoms with Crippen molar-refractivity contribution in [3.63, 3.8) is 0 Å². The molecule has 34 heavy (non-hydrogen) atoms. The van der Waals surface area contributed by atoms with Crippen molar-refractivity contribution in [3.05, 3.63) is 23.8 Å². The maximum Gasteiger partial charge on any atom is 0.470 e. The molecule has 0 aromatic rings. The predicted octanol–water partition coefficient (Wildman–Crippen LogP) is 1.79. The number of phosphoric acid groups is 2. The largest absolute Gasteiger partial charge is 0.470 e. The molecule has 0 spiro atoms. The molecule has 3 saturated carbocycles. The monoisotopic (exact) mass is 520 g/mol. The van der Waals surface area contributed by atoms with Crippen molar-refractivity contribution in [3.8, 4) is 0 Å². The first-order valence-electron chi connectivity index (χ1n) is 11.1. The van der Waals surface area contributed by atoms with Crippen LogP contribution in [-0.4, -0.2) is 54.6 Å². The van der Waals surface area contributed by atoms with Gasteiger partial charge in [0, 0.05) is 16.7 Å². The summed E-state index contributed by atoms with van der Waals surface area (Å²) in [7, 11) is -9.90. The number of rotatable bonds is 6. The average Bonchev–Trinajstić information content (AvgIpc) is 2.96.